The molecule has 9 nitrogen and oxygen atoms in total. The van der Waals surface area contributed by atoms with Gasteiger partial charge in [0, 0.05) is 13.0 Å². The first kappa shape index (κ1) is 17.5. The normalized spacial score (nSPS) is 18.2. The van der Waals surface area contributed by atoms with Crippen molar-refractivity contribution >= 4 is 16.7 Å². The van der Waals surface area contributed by atoms with E-state index in [0.29, 0.717) is 28.8 Å². The predicted molar refractivity (Wildman–Crippen MR) is 105 cm³/mol. The maximum absolute atomic E-state index is 12.6. The van der Waals surface area contributed by atoms with E-state index in [1.54, 1.807) is 11.6 Å². The second-order valence-electron chi connectivity index (χ2n) is 7.40. The van der Waals surface area contributed by atoms with Gasteiger partial charge in [-0.05, 0) is 29.9 Å². The molecule has 1 saturated carbocycles. The second-order valence-corrected chi connectivity index (χ2v) is 7.40. The molecule has 0 bridgehead atoms. The van der Waals surface area contributed by atoms with Gasteiger partial charge < -0.3 is 9.09 Å². The van der Waals surface area contributed by atoms with Crippen LogP contribution in [0.25, 0.3) is 16.7 Å². The molecule has 0 radical (unpaired) electrons. The van der Waals surface area contributed by atoms with Gasteiger partial charge in [0.2, 0.25) is 11.5 Å². The van der Waals surface area contributed by atoms with Crippen LogP contribution in [-0.2, 0) is 13.6 Å². The van der Waals surface area contributed by atoms with E-state index in [-0.39, 0.29) is 18.0 Å². The maximum atomic E-state index is 12.6. The Morgan fingerprint density at radius 1 is 1.31 bits per heavy atom. The molecule has 0 amide bonds. The van der Waals surface area contributed by atoms with E-state index in [9.17, 15) is 4.79 Å². The molecule has 3 aromatic heterocycles. The molecule has 1 fully saturated rings. The number of nitrogens with zero attached hydrogens (tertiary/aromatic N) is 7. The number of hydrogen-bond donors (Lipinski definition) is 0. The van der Waals surface area contributed by atoms with Crippen molar-refractivity contribution in [1.29, 1.82) is 0 Å². The molecule has 0 saturated heterocycles. The summed E-state index contributed by atoms with van der Waals surface area (Å²) in [6, 6.07) is 10.2. The molecule has 1 aliphatic rings. The first-order valence-electron chi connectivity index (χ1n) is 9.40. The van der Waals surface area contributed by atoms with Gasteiger partial charge in [-0.1, -0.05) is 47.3 Å². The van der Waals surface area contributed by atoms with Gasteiger partial charge in [-0.2, -0.15) is 9.67 Å². The molecule has 9 heteroatoms. The minimum absolute atomic E-state index is 0.0774. The van der Waals surface area contributed by atoms with Gasteiger partial charge in [0.25, 0.3) is 5.56 Å². The SMILES string of the molecule is C=C(C[C@H]1C[C@@H]1c1noc(Cn2nnc3ncn(C)c3c2=O)n1)c1ccccc1. The first-order chi connectivity index (χ1) is 14.1. The highest BCUT2D eigenvalue weighted by Crippen LogP contribution is 2.50. The molecule has 0 unspecified atom stereocenters. The van der Waals surface area contributed by atoms with E-state index in [1.807, 2.05) is 18.2 Å². The number of benzene rings is 1. The molecule has 2 atom stereocenters. The number of aryl methyl sites for hydroxylation is 1. The smallest absolute Gasteiger partial charge is 0.296 e. The molecular formula is C20H19N7O2. The summed E-state index contributed by atoms with van der Waals surface area (Å²) < 4.78 is 8.19. The zero-order valence-electron chi connectivity index (χ0n) is 15.9. The summed E-state index contributed by atoms with van der Waals surface area (Å²) in [6.07, 6.45) is 3.44. The van der Waals surface area contributed by atoms with Gasteiger partial charge in [-0.15, -0.1) is 5.10 Å². The van der Waals surface area contributed by atoms with Crippen LogP contribution in [0.5, 0.6) is 0 Å². The zero-order chi connectivity index (χ0) is 20.0. The van der Waals surface area contributed by atoms with Crippen LogP contribution in [0.1, 0.15) is 36.0 Å². The Morgan fingerprint density at radius 3 is 2.97 bits per heavy atom. The van der Waals surface area contributed by atoms with Gasteiger partial charge in [-0.25, -0.2) is 4.98 Å². The predicted octanol–water partition coefficient (Wildman–Crippen LogP) is 2.16. The Kier molecular flexibility index (Phi) is 4.08. The first-order valence-corrected chi connectivity index (χ1v) is 9.40. The highest BCUT2D eigenvalue weighted by molar-refractivity contribution is 5.68. The third-order valence-corrected chi connectivity index (χ3v) is 5.32. The Labute approximate surface area is 165 Å². The Hall–Kier alpha value is -3.62. The molecule has 29 heavy (non-hydrogen) atoms. The summed E-state index contributed by atoms with van der Waals surface area (Å²) in [6.45, 7) is 4.28. The lowest BCUT2D eigenvalue weighted by Gasteiger charge is -2.04. The van der Waals surface area contributed by atoms with Crippen LogP contribution >= 0.6 is 0 Å². The molecule has 3 heterocycles. The van der Waals surface area contributed by atoms with E-state index in [1.165, 1.54) is 11.0 Å². The minimum atomic E-state index is -0.293. The summed E-state index contributed by atoms with van der Waals surface area (Å²) in [5, 5.41) is 12.0. The van der Waals surface area contributed by atoms with Crippen molar-refractivity contribution in [3.63, 3.8) is 0 Å². The molecule has 1 aliphatic carbocycles. The second kappa shape index (κ2) is 6.77. The topological polar surface area (TPSA) is 105 Å². The monoisotopic (exact) mass is 389 g/mol. The number of imidazole rings is 1. The number of fused-ring (bicyclic) bond motifs is 1. The van der Waals surface area contributed by atoms with Crippen molar-refractivity contribution in [2.24, 2.45) is 13.0 Å². The van der Waals surface area contributed by atoms with Crippen LogP contribution in [0.2, 0.25) is 0 Å². The fourth-order valence-electron chi connectivity index (χ4n) is 3.61. The fraction of sp³-hybridized carbons (Fsp3) is 0.300. The van der Waals surface area contributed by atoms with Crippen molar-refractivity contribution < 1.29 is 4.52 Å². The van der Waals surface area contributed by atoms with Crippen LogP contribution in [-0.4, -0.2) is 34.7 Å². The fourth-order valence-corrected chi connectivity index (χ4v) is 3.61. The van der Waals surface area contributed by atoms with Crippen molar-refractivity contribution in [3.8, 4) is 0 Å². The number of aromatic nitrogens is 7. The summed E-state index contributed by atoms with van der Waals surface area (Å²) in [7, 11) is 1.74. The standard InChI is InChI=1S/C20H19N7O2/c1-12(13-6-4-3-5-7-13)8-14-9-15(14)18-22-16(29-24-18)10-27-20(28)17-19(23-25-27)21-11-26(17)2/h3-7,11,14-15H,1,8-10H2,2H3/t14-,15-/m0/s1. The summed E-state index contributed by atoms with van der Waals surface area (Å²) in [5.41, 5.74) is 2.70. The van der Waals surface area contributed by atoms with E-state index in [4.69, 9.17) is 4.52 Å². The lowest BCUT2D eigenvalue weighted by Crippen LogP contribution is -2.26. The highest BCUT2D eigenvalue weighted by Gasteiger charge is 2.42. The molecule has 146 valence electrons. The molecule has 0 aliphatic heterocycles. The van der Waals surface area contributed by atoms with Crippen LogP contribution in [0.15, 0.2) is 52.6 Å². The van der Waals surface area contributed by atoms with Gasteiger partial charge in [-0.3, -0.25) is 4.79 Å². The zero-order valence-corrected chi connectivity index (χ0v) is 15.9. The molecule has 5 rings (SSSR count). The van der Waals surface area contributed by atoms with Gasteiger partial charge in [0.15, 0.2) is 11.3 Å². The van der Waals surface area contributed by atoms with Crippen LogP contribution in [0, 0.1) is 5.92 Å². The van der Waals surface area contributed by atoms with E-state index in [2.05, 4.69) is 44.1 Å². The van der Waals surface area contributed by atoms with Crippen LogP contribution < -0.4 is 5.56 Å². The Balaban J connectivity index is 1.27. The molecule has 0 spiro atoms. The minimum Gasteiger partial charge on any atom is -0.337 e. The average molecular weight is 389 g/mol. The molecule has 1 aromatic carbocycles. The molecule has 0 N–H and O–H groups in total. The molecular weight excluding hydrogens is 370 g/mol. The van der Waals surface area contributed by atoms with E-state index >= 15 is 0 Å². The number of rotatable bonds is 6. The summed E-state index contributed by atoms with van der Waals surface area (Å²) >= 11 is 0. The number of hydrogen-bond acceptors (Lipinski definition) is 7. The lowest BCUT2D eigenvalue weighted by atomic mass is 10.0. The third-order valence-electron chi connectivity index (χ3n) is 5.32. The van der Waals surface area contributed by atoms with Gasteiger partial charge >= 0.3 is 0 Å². The quantitative estimate of drug-likeness (QED) is 0.498. The third kappa shape index (κ3) is 3.24. The van der Waals surface area contributed by atoms with E-state index in [0.717, 1.165) is 24.0 Å². The van der Waals surface area contributed by atoms with E-state index < -0.39 is 0 Å². The number of allylic oxidation sites excluding steroid dienone is 1. The van der Waals surface area contributed by atoms with Crippen molar-refractivity contribution in [1.82, 2.24) is 34.7 Å². The Morgan fingerprint density at radius 2 is 2.14 bits per heavy atom. The largest absolute Gasteiger partial charge is 0.337 e. The average Bonchev–Trinajstić information content (AvgIpc) is 3.15. The maximum Gasteiger partial charge on any atom is 0.296 e. The lowest BCUT2D eigenvalue weighted by molar-refractivity contribution is 0.356. The highest BCUT2D eigenvalue weighted by atomic mass is 16.5. The summed E-state index contributed by atoms with van der Waals surface area (Å²) in [5.74, 6) is 1.73. The van der Waals surface area contributed by atoms with Crippen LogP contribution in [0.4, 0.5) is 0 Å². The van der Waals surface area contributed by atoms with Gasteiger partial charge in [0.05, 0.1) is 6.33 Å². The van der Waals surface area contributed by atoms with Crippen molar-refractivity contribution in [2.45, 2.75) is 25.3 Å². The van der Waals surface area contributed by atoms with Crippen molar-refractivity contribution in [3.05, 3.63) is 70.9 Å². The van der Waals surface area contributed by atoms with Crippen molar-refractivity contribution in [2.75, 3.05) is 0 Å². The van der Waals surface area contributed by atoms with Crippen LogP contribution in [0.3, 0.4) is 0 Å². The van der Waals surface area contributed by atoms with Gasteiger partial charge in [0.1, 0.15) is 6.54 Å². The molecule has 4 aromatic rings. The summed E-state index contributed by atoms with van der Waals surface area (Å²) in [4.78, 5) is 21.1. The Bertz CT molecular complexity index is 1250.